The number of urea groups is 1. The van der Waals surface area contributed by atoms with Crippen molar-refractivity contribution >= 4 is 23.4 Å². The quantitative estimate of drug-likeness (QED) is 0.906. The molecule has 0 saturated carbocycles. The number of carbonyl (C=O) groups is 1. The molecule has 1 aliphatic heterocycles. The number of pyridine rings is 1. The predicted octanol–water partition coefficient (Wildman–Crippen LogP) is 3.72. The van der Waals surface area contributed by atoms with Crippen LogP contribution in [-0.4, -0.2) is 42.1 Å². The van der Waals surface area contributed by atoms with Crippen LogP contribution in [0.25, 0.3) is 0 Å². The van der Waals surface area contributed by atoms with Crippen molar-refractivity contribution in [2.24, 2.45) is 0 Å². The molecule has 0 bridgehead atoms. The fourth-order valence-corrected chi connectivity index (χ4v) is 3.16. The highest BCUT2D eigenvalue weighted by molar-refractivity contribution is 6.30. The summed E-state index contributed by atoms with van der Waals surface area (Å²) in [7, 11) is 0. The van der Waals surface area contributed by atoms with Crippen LogP contribution in [0.3, 0.4) is 0 Å². The second kappa shape index (κ2) is 8.21. The van der Waals surface area contributed by atoms with Crippen molar-refractivity contribution in [3.05, 3.63) is 59.2 Å². The maximum Gasteiger partial charge on any atom is 0.318 e. The second-order valence-electron chi connectivity index (χ2n) is 6.12. The summed E-state index contributed by atoms with van der Waals surface area (Å²) >= 11 is 5.95. The Balaban J connectivity index is 1.56. The summed E-state index contributed by atoms with van der Waals surface area (Å²) in [5, 5.41) is 3.84. The molecule has 0 spiro atoms. The van der Waals surface area contributed by atoms with Gasteiger partial charge in [-0.15, -0.1) is 0 Å². The number of halogens is 1. The number of anilines is 1. The zero-order chi connectivity index (χ0) is 17.6. The topological polar surface area (TPSA) is 48.5 Å². The van der Waals surface area contributed by atoms with Crippen LogP contribution in [0, 0.1) is 0 Å². The second-order valence-corrected chi connectivity index (χ2v) is 6.56. The van der Waals surface area contributed by atoms with Gasteiger partial charge in [-0.1, -0.05) is 36.7 Å². The molecule has 3 rings (SSSR count). The maximum atomic E-state index is 12.6. The normalized spacial score (nSPS) is 15.8. The highest BCUT2D eigenvalue weighted by Gasteiger charge is 2.23. The fraction of sp³-hybridized carbons (Fsp3) is 0.368. The van der Waals surface area contributed by atoms with E-state index in [1.807, 2.05) is 47.4 Å². The number of rotatable bonds is 4. The Morgan fingerprint density at radius 3 is 2.48 bits per heavy atom. The molecule has 2 amide bonds. The van der Waals surface area contributed by atoms with E-state index in [0.717, 1.165) is 30.9 Å². The molecular formula is C19H23ClN4O. The van der Waals surface area contributed by atoms with E-state index in [2.05, 4.69) is 22.1 Å². The third-order valence-electron chi connectivity index (χ3n) is 4.52. The molecule has 132 valence electrons. The minimum absolute atomic E-state index is 0.00131. The summed E-state index contributed by atoms with van der Waals surface area (Å²) in [5.74, 6) is 0.968. The van der Waals surface area contributed by atoms with E-state index in [9.17, 15) is 4.79 Å². The summed E-state index contributed by atoms with van der Waals surface area (Å²) in [6.45, 7) is 5.04. The number of aromatic nitrogens is 1. The average molecular weight is 359 g/mol. The van der Waals surface area contributed by atoms with Crippen LogP contribution in [0.15, 0.2) is 48.7 Å². The molecule has 1 aromatic heterocycles. The van der Waals surface area contributed by atoms with Gasteiger partial charge in [-0.25, -0.2) is 9.78 Å². The first-order valence-corrected chi connectivity index (χ1v) is 9.02. The van der Waals surface area contributed by atoms with E-state index in [4.69, 9.17) is 11.6 Å². The van der Waals surface area contributed by atoms with Crippen LogP contribution in [0.1, 0.15) is 24.9 Å². The molecule has 1 N–H and O–H groups in total. The van der Waals surface area contributed by atoms with Crippen LogP contribution in [0.4, 0.5) is 10.6 Å². The van der Waals surface area contributed by atoms with Gasteiger partial charge in [-0.05, 0) is 36.2 Å². The van der Waals surface area contributed by atoms with Crippen molar-refractivity contribution in [1.29, 1.82) is 0 Å². The molecule has 1 unspecified atom stereocenters. The minimum Gasteiger partial charge on any atom is -0.353 e. The first-order chi connectivity index (χ1) is 12.2. The van der Waals surface area contributed by atoms with Crippen molar-refractivity contribution in [2.75, 3.05) is 31.1 Å². The molecule has 6 heteroatoms. The summed E-state index contributed by atoms with van der Waals surface area (Å²) in [6, 6.07) is 13.5. The summed E-state index contributed by atoms with van der Waals surface area (Å²) in [5.41, 5.74) is 1.08. The summed E-state index contributed by atoms with van der Waals surface area (Å²) in [4.78, 5) is 21.1. The van der Waals surface area contributed by atoms with Crippen LogP contribution in [0.5, 0.6) is 0 Å². The Kier molecular flexibility index (Phi) is 5.76. The number of nitrogens with zero attached hydrogens (tertiary/aromatic N) is 3. The number of carbonyl (C=O) groups excluding carboxylic acids is 1. The standard InChI is InChI=1S/C19H23ClN4O/c1-2-17(15-6-8-16(20)9-7-15)22-19(25)24-13-11-23(12-14-24)18-5-3-4-10-21-18/h3-10,17H,2,11-14H2,1H3,(H,22,25). The largest absolute Gasteiger partial charge is 0.353 e. The highest BCUT2D eigenvalue weighted by Crippen LogP contribution is 2.20. The number of amides is 2. The maximum absolute atomic E-state index is 12.6. The Hall–Kier alpha value is -2.27. The minimum atomic E-state index is -0.0116. The summed E-state index contributed by atoms with van der Waals surface area (Å²) < 4.78 is 0. The summed E-state index contributed by atoms with van der Waals surface area (Å²) in [6.07, 6.45) is 2.63. The highest BCUT2D eigenvalue weighted by atomic mass is 35.5. The molecule has 5 nitrogen and oxygen atoms in total. The number of hydrogen-bond donors (Lipinski definition) is 1. The molecule has 1 saturated heterocycles. The smallest absolute Gasteiger partial charge is 0.318 e. The number of benzene rings is 1. The SMILES string of the molecule is CCC(NC(=O)N1CCN(c2ccccn2)CC1)c1ccc(Cl)cc1. The molecule has 1 aliphatic rings. The van der Waals surface area contributed by atoms with Crippen LogP contribution in [-0.2, 0) is 0 Å². The van der Waals surface area contributed by atoms with E-state index in [1.54, 1.807) is 6.20 Å². The molecule has 0 radical (unpaired) electrons. The molecule has 0 aliphatic carbocycles. The fourth-order valence-electron chi connectivity index (χ4n) is 3.04. The third-order valence-corrected chi connectivity index (χ3v) is 4.77. The van der Waals surface area contributed by atoms with Gasteiger partial charge in [-0.2, -0.15) is 0 Å². The first kappa shape index (κ1) is 17.5. The van der Waals surface area contributed by atoms with Crippen LogP contribution < -0.4 is 10.2 Å². The molecule has 2 aromatic rings. The number of hydrogen-bond acceptors (Lipinski definition) is 3. The predicted molar refractivity (Wildman–Crippen MR) is 101 cm³/mol. The molecule has 1 aromatic carbocycles. The van der Waals surface area contributed by atoms with E-state index in [1.165, 1.54) is 0 Å². The number of nitrogens with one attached hydrogen (secondary N) is 1. The number of piperazine rings is 1. The zero-order valence-corrected chi connectivity index (χ0v) is 15.1. The Labute approximate surface area is 153 Å². The van der Waals surface area contributed by atoms with E-state index in [-0.39, 0.29) is 12.1 Å². The van der Waals surface area contributed by atoms with Gasteiger partial charge >= 0.3 is 6.03 Å². The van der Waals surface area contributed by atoms with Gasteiger partial charge in [0.2, 0.25) is 0 Å². The van der Waals surface area contributed by atoms with Crippen molar-refractivity contribution in [2.45, 2.75) is 19.4 Å². The average Bonchev–Trinajstić information content (AvgIpc) is 2.67. The van der Waals surface area contributed by atoms with Gasteiger partial charge in [0, 0.05) is 37.4 Å². The lowest BCUT2D eigenvalue weighted by Crippen LogP contribution is -2.52. The molecule has 25 heavy (non-hydrogen) atoms. The lowest BCUT2D eigenvalue weighted by Gasteiger charge is -2.36. The van der Waals surface area contributed by atoms with Gasteiger partial charge in [0.15, 0.2) is 0 Å². The van der Waals surface area contributed by atoms with Crippen LogP contribution >= 0.6 is 11.6 Å². The third kappa shape index (κ3) is 4.42. The Morgan fingerprint density at radius 2 is 1.88 bits per heavy atom. The molecular weight excluding hydrogens is 336 g/mol. The van der Waals surface area contributed by atoms with Crippen LogP contribution in [0.2, 0.25) is 5.02 Å². The van der Waals surface area contributed by atoms with E-state index >= 15 is 0 Å². The van der Waals surface area contributed by atoms with Crippen molar-refractivity contribution in [3.8, 4) is 0 Å². The van der Waals surface area contributed by atoms with E-state index < -0.39 is 0 Å². The molecule has 1 fully saturated rings. The van der Waals surface area contributed by atoms with E-state index in [0.29, 0.717) is 18.1 Å². The van der Waals surface area contributed by atoms with Gasteiger partial charge in [-0.3, -0.25) is 0 Å². The van der Waals surface area contributed by atoms with Gasteiger partial charge in [0.25, 0.3) is 0 Å². The van der Waals surface area contributed by atoms with Gasteiger partial charge < -0.3 is 15.1 Å². The van der Waals surface area contributed by atoms with Crippen molar-refractivity contribution < 1.29 is 4.79 Å². The van der Waals surface area contributed by atoms with Crippen molar-refractivity contribution in [1.82, 2.24) is 15.2 Å². The monoisotopic (exact) mass is 358 g/mol. The Bertz CT molecular complexity index is 684. The molecule has 1 atom stereocenters. The lowest BCUT2D eigenvalue weighted by molar-refractivity contribution is 0.190. The first-order valence-electron chi connectivity index (χ1n) is 8.64. The zero-order valence-electron chi connectivity index (χ0n) is 14.4. The van der Waals surface area contributed by atoms with Gasteiger partial charge in [0.1, 0.15) is 5.82 Å². The Morgan fingerprint density at radius 1 is 1.16 bits per heavy atom. The lowest BCUT2D eigenvalue weighted by atomic mass is 10.1. The molecule has 2 heterocycles. The van der Waals surface area contributed by atoms with Crippen molar-refractivity contribution in [3.63, 3.8) is 0 Å². The van der Waals surface area contributed by atoms with Gasteiger partial charge in [0.05, 0.1) is 6.04 Å².